The first-order chi connectivity index (χ1) is 12.2. The maximum Gasteiger partial charge on any atom is 0.307 e. The molecular weight excluding hydrogens is 344 g/mol. The van der Waals surface area contributed by atoms with Crippen molar-refractivity contribution in [2.24, 2.45) is 0 Å². The van der Waals surface area contributed by atoms with Crippen LogP contribution in [-0.4, -0.2) is 16.3 Å². The molecule has 0 amide bonds. The van der Waals surface area contributed by atoms with Crippen molar-refractivity contribution in [3.63, 3.8) is 0 Å². The van der Waals surface area contributed by atoms with Crippen LogP contribution in [0.4, 0.5) is 0 Å². The van der Waals surface area contributed by atoms with Gasteiger partial charge < -0.3 is 4.74 Å². The molecule has 1 unspecified atom stereocenters. The van der Waals surface area contributed by atoms with Gasteiger partial charge in [0.2, 0.25) is 5.12 Å². The van der Waals surface area contributed by atoms with E-state index in [2.05, 4.69) is 45.9 Å². The Morgan fingerprint density at radius 2 is 1.58 bits per heavy atom. The number of carbonyl (C=O) groups is 2. The van der Waals surface area contributed by atoms with Gasteiger partial charge in [-0.2, -0.15) is 0 Å². The first kappa shape index (κ1) is 22.5. The number of carbonyl (C=O) groups excluding carboxylic acids is 2. The quantitative estimate of drug-likeness (QED) is 0.351. The van der Waals surface area contributed by atoms with E-state index in [1.807, 2.05) is 0 Å². The maximum atomic E-state index is 11.9. The van der Waals surface area contributed by atoms with E-state index < -0.39 is 0 Å². The summed E-state index contributed by atoms with van der Waals surface area (Å²) in [6, 6.07) is 0. The molecule has 0 aromatic rings. The number of ether oxygens (including phenoxy) is 1. The maximum absolute atomic E-state index is 11.9. The number of allylic oxidation sites excluding steroid dienone is 6. The van der Waals surface area contributed by atoms with Gasteiger partial charge >= 0.3 is 5.97 Å². The monoisotopic (exact) mass is 376 g/mol. The smallest absolute Gasteiger partial charge is 0.307 e. The van der Waals surface area contributed by atoms with Crippen molar-refractivity contribution in [1.82, 2.24) is 0 Å². The summed E-state index contributed by atoms with van der Waals surface area (Å²) in [4.78, 5) is 23.1. The van der Waals surface area contributed by atoms with E-state index in [1.54, 1.807) is 6.92 Å². The second-order valence-corrected chi connectivity index (χ2v) is 8.35. The number of rotatable bonds is 9. The van der Waals surface area contributed by atoms with Crippen molar-refractivity contribution >= 4 is 22.8 Å². The number of hydrogen-bond donors (Lipinski definition) is 0. The minimum atomic E-state index is -0.367. The van der Waals surface area contributed by atoms with Crippen LogP contribution in [0.2, 0.25) is 0 Å². The fourth-order valence-corrected chi connectivity index (χ4v) is 3.77. The SMILES string of the molecule is CC(=O)OC1=C(C)C(=O)SC1C/C=C(\C)CC/C=C(\C)CCC=C(C)C. The Morgan fingerprint density at radius 3 is 2.15 bits per heavy atom. The molecule has 0 spiro atoms. The van der Waals surface area contributed by atoms with Gasteiger partial charge in [-0.05, 0) is 66.7 Å². The Bertz CT molecular complexity index is 646. The Morgan fingerprint density at radius 1 is 1.00 bits per heavy atom. The normalized spacial score (nSPS) is 18.4. The van der Waals surface area contributed by atoms with E-state index in [-0.39, 0.29) is 16.3 Å². The van der Waals surface area contributed by atoms with Crippen molar-refractivity contribution in [2.45, 2.75) is 78.9 Å². The van der Waals surface area contributed by atoms with Crippen LogP contribution >= 0.6 is 11.8 Å². The first-order valence-corrected chi connectivity index (χ1v) is 10.1. The third kappa shape index (κ3) is 8.22. The predicted molar refractivity (Wildman–Crippen MR) is 111 cm³/mol. The molecule has 0 fully saturated rings. The molecule has 0 saturated carbocycles. The molecule has 4 heteroatoms. The molecule has 0 N–H and O–H groups in total. The highest BCUT2D eigenvalue weighted by atomic mass is 32.2. The molecule has 144 valence electrons. The zero-order valence-corrected chi connectivity index (χ0v) is 17.8. The summed E-state index contributed by atoms with van der Waals surface area (Å²) in [5, 5.41) is -0.0741. The van der Waals surface area contributed by atoms with Crippen LogP contribution in [0.1, 0.15) is 73.6 Å². The molecule has 3 nitrogen and oxygen atoms in total. The molecule has 0 aromatic heterocycles. The Labute approximate surface area is 162 Å². The van der Waals surface area contributed by atoms with Crippen LogP contribution in [-0.2, 0) is 14.3 Å². The molecule has 0 saturated heterocycles. The number of thioether (sulfide) groups is 1. The zero-order chi connectivity index (χ0) is 19.7. The molecule has 0 aliphatic carbocycles. The van der Waals surface area contributed by atoms with Crippen LogP contribution in [0.15, 0.2) is 46.3 Å². The van der Waals surface area contributed by atoms with Crippen molar-refractivity contribution in [3.8, 4) is 0 Å². The second-order valence-electron chi connectivity index (χ2n) is 7.17. The predicted octanol–water partition coefficient (Wildman–Crippen LogP) is 6.27. The molecule has 0 aromatic carbocycles. The fourth-order valence-electron chi connectivity index (χ4n) is 2.71. The highest BCUT2D eigenvalue weighted by Crippen LogP contribution is 2.37. The molecule has 0 radical (unpaired) electrons. The zero-order valence-electron chi connectivity index (χ0n) is 17.0. The lowest BCUT2D eigenvalue weighted by Gasteiger charge is -2.11. The van der Waals surface area contributed by atoms with E-state index in [0.29, 0.717) is 17.8 Å². The highest BCUT2D eigenvalue weighted by Gasteiger charge is 2.32. The largest absolute Gasteiger partial charge is 0.430 e. The summed E-state index contributed by atoms with van der Waals surface area (Å²) in [7, 11) is 0. The van der Waals surface area contributed by atoms with Crippen LogP contribution < -0.4 is 0 Å². The fraction of sp³-hybridized carbons (Fsp3) is 0.545. The molecule has 1 atom stereocenters. The van der Waals surface area contributed by atoms with Gasteiger partial charge in [0.1, 0.15) is 5.76 Å². The van der Waals surface area contributed by atoms with Crippen molar-refractivity contribution < 1.29 is 14.3 Å². The van der Waals surface area contributed by atoms with E-state index >= 15 is 0 Å². The summed E-state index contributed by atoms with van der Waals surface area (Å²) >= 11 is 1.25. The summed E-state index contributed by atoms with van der Waals surface area (Å²) in [5.74, 6) is 0.167. The van der Waals surface area contributed by atoms with Crippen LogP contribution in [0, 0.1) is 0 Å². The lowest BCUT2D eigenvalue weighted by Crippen LogP contribution is -2.09. The van der Waals surface area contributed by atoms with Gasteiger partial charge in [0.05, 0.1) is 5.25 Å². The van der Waals surface area contributed by atoms with Gasteiger partial charge in [-0.1, -0.05) is 46.7 Å². The molecule has 1 heterocycles. The van der Waals surface area contributed by atoms with Crippen molar-refractivity contribution in [3.05, 3.63) is 46.3 Å². The van der Waals surface area contributed by atoms with Gasteiger partial charge in [0, 0.05) is 12.5 Å². The minimum Gasteiger partial charge on any atom is -0.430 e. The van der Waals surface area contributed by atoms with E-state index in [4.69, 9.17) is 4.74 Å². The first-order valence-electron chi connectivity index (χ1n) is 9.25. The molecule has 0 bridgehead atoms. The van der Waals surface area contributed by atoms with E-state index in [9.17, 15) is 9.59 Å². The highest BCUT2D eigenvalue weighted by molar-refractivity contribution is 8.15. The second kappa shape index (κ2) is 11.2. The lowest BCUT2D eigenvalue weighted by atomic mass is 10.0. The summed E-state index contributed by atoms with van der Waals surface area (Å²) in [5.41, 5.74) is 4.68. The molecular formula is C22H32O3S. The van der Waals surface area contributed by atoms with E-state index in [1.165, 1.54) is 35.4 Å². The van der Waals surface area contributed by atoms with Crippen molar-refractivity contribution in [2.75, 3.05) is 0 Å². The average molecular weight is 377 g/mol. The molecule has 1 rings (SSSR count). The average Bonchev–Trinajstić information content (AvgIpc) is 2.80. The number of esters is 1. The van der Waals surface area contributed by atoms with Gasteiger partial charge in [0.25, 0.3) is 0 Å². The third-order valence-corrected chi connectivity index (χ3v) is 5.49. The Kier molecular flexibility index (Phi) is 9.71. The molecule has 1 aliphatic heterocycles. The van der Waals surface area contributed by atoms with Crippen LogP contribution in [0.25, 0.3) is 0 Å². The third-order valence-electron chi connectivity index (χ3n) is 4.27. The lowest BCUT2D eigenvalue weighted by molar-refractivity contribution is -0.137. The summed E-state index contributed by atoms with van der Waals surface area (Å²) in [6.45, 7) is 11.7. The van der Waals surface area contributed by atoms with Gasteiger partial charge in [0.15, 0.2) is 0 Å². The van der Waals surface area contributed by atoms with Gasteiger partial charge in [-0.15, -0.1) is 0 Å². The van der Waals surface area contributed by atoms with Crippen LogP contribution in [0.3, 0.4) is 0 Å². The van der Waals surface area contributed by atoms with Gasteiger partial charge in [-0.25, -0.2) is 0 Å². The van der Waals surface area contributed by atoms with E-state index in [0.717, 1.165) is 25.7 Å². The summed E-state index contributed by atoms with van der Waals surface area (Å²) < 4.78 is 5.26. The minimum absolute atomic E-state index is 0.00669. The number of hydrogen-bond acceptors (Lipinski definition) is 4. The standard InChI is InChI=1S/C22H32O3S/c1-15(2)9-7-10-16(3)11-8-12-17(4)13-14-20-21(25-19(6)23)18(5)22(24)26-20/h9,11,13,20H,7-8,10,12,14H2,1-6H3/b16-11+,17-13+. The van der Waals surface area contributed by atoms with Crippen molar-refractivity contribution in [1.29, 1.82) is 0 Å². The van der Waals surface area contributed by atoms with Crippen LogP contribution in [0.5, 0.6) is 0 Å². The topological polar surface area (TPSA) is 43.4 Å². The summed E-state index contributed by atoms with van der Waals surface area (Å²) in [6.07, 6.45) is 11.7. The Balaban J connectivity index is 2.49. The molecule has 26 heavy (non-hydrogen) atoms. The Hall–Kier alpha value is -1.55. The molecule has 1 aliphatic rings. The van der Waals surface area contributed by atoms with Gasteiger partial charge in [-0.3, -0.25) is 9.59 Å².